The summed E-state index contributed by atoms with van der Waals surface area (Å²) in [4.78, 5) is 0. The van der Waals surface area contributed by atoms with Gasteiger partial charge in [0.25, 0.3) is 0 Å². The van der Waals surface area contributed by atoms with E-state index in [0.717, 1.165) is 12.1 Å². The maximum atomic E-state index is 12.5. The molecule has 0 bridgehead atoms. The lowest BCUT2D eigenvalue weighted by Gasteiger charge is -2.14. The SMILES string of the molecule is COCC(C)Oc1ccc(Oc2ccc(C(F)(F)F)cc2)cc1. The Morgan fingerprint density at radius 1 is 0.870 bits per heavy atom. The molecule has 0 aliphatic rings. The van der Waals surface area contributed by atoms with E-state index in [9.17, 15) is 13.2 Å². The monoisotopic (exact) mass is 326 g/mol. The second-order valence-corrected chi connectivity index (χ2v) is 4.98. The predicted molar refractivity (Wildman–Crippen MR) is 79.9 cm³/mol. The highest BCUT2D eigenvalue weighted by molar-refractivity contribution is 5.36. The average molecular weight is 326 g/mol. The summed E-state index contributed by atoms with van der Waals surface area (Å²) in [5.41, 5.74) is -0.708. The molecule has 23 heavy (non-hydrogen) atoms. The Bertz CT molecular complexity index is 606. The summed E-state index contributed by atoms with van der Waals surface area (Å²) in [6.45, 7) is 2.36. The first-order valence-corrected chi connectivity index (χ1v) is 6.99. The zero-order valence-corrected chi connectivity index (χ0v) is 12.8. The molecule has 2 aromatic rings. The molecule has 0 heterocycles. The fraction of sp³-hybridized carbons (Fsp3) is 0.294. The van der Waals surface area contributed by atoms with Crippen LogP contribution >= 0.6 is 0 Å². The molecule has 0 N–H and O–H groups in total. The largest absolute Gasteiger partial charge is 0.488 e. The Labute approximate surface area is 132 Å². The molecule has 0 saturated carbocycles. The van der Waals surface area contributed by atoms with E-state index in [0.29, 0.717) is 23.9 Å². The standard InChI is InChI=1S/C17H17F3O3/c1-12(11-21-2)22-14-7-9-16(10-8-14)23-15-5-3-13(4-6-15)17(18,19)20/h3-10,12H,11H2,1-2H3. The topological polar surface area (TPSA) is 27.7 Å². The van der Waals surface area contributed by atoms with E-state index in [1.807, 2.05) is 6.92 Å². The maximum absolute atomic E-state index is 12.5. The van der Waals surface area contributed by atoms with Crippen LogP contribution in [0.15, 0.2) is 48.5 Å². The van der Waals surface area contributed by atoms with Crippen molar-refractivity contribution in [3.05, 3.63) is 54.1 Å². The Hall–Kier alpha value is -2.21. The van der Waals surface area contributed by atoms with E-state index in [4.69, 9.17) is 14.2 Å². The Morgan fingerprint density at radius 2 is 1.35 bits per heavy atom. The normalized spacial score (nSPS) is 12.7. The molecular formula is C17H17F3O3. The lowest BCUT2D eigenvalue weighted by atomic mass is 10.2. The van der Waals surface area contributed by atoms with Crippen molar-refractivity contribution < 1.29 is 27.4 Å². The second-order valence-electron chi connectivity index (χ2n) is 4.98. The van der Waals surface area contributed by atoms with Gasteiger partial charge < -0.3 is 14.2 Å². The fourth-order valence-electron chi connectivity index (χ4n) is 1.94. The van der Waals surface area contributed by atoms with Crippen LogP contribution in [0.2, 0.25) is 0 Å². The average Bonchev–Trinajstić information content (AvgIpc) is 2.49. The van der Waals surface area contributed by atoms with E-state index in [1.165, 1.54) is 12.1 Å². The molecule has 2 aromatic carbocycles. The van der Waals surface area contributed by atoms with Gasteiger partial charge >= 0.3 is 6.18 Å². The van der Waals surface area contributed by atoms with Crippen LogP contribution in [0.3, 0.4) is 0 Å². The third-order valence-corrected chi connectivity index (χ3v) is 2.98. The molecule has 0 aliphatic heterocycles. The first-order valence-electron chi connectivity index (χ1n) is 6.99. The molecule has 0 fully saturated rings. The van der Waals surface area contributed by atoms with Crippen LogP contribution in [0.4, 0.5) is 13.2 Å². The van der Waals surface area contributed by atoms with Crippen LogP contribution in [0.1, 0.15) is 12.5 Å². The summed E-state index contributed by atoms with van der Waals surface area (Å²) in [5.74, 6) is 1.50. The molecule has 1 atom stereocenters. The molecule has 2 rings (SSSR count). The quantitative estimate of drug-likeness (QED) is 0.755. The van der Waals surface area contributed by atoms with Crippen LogP contribution in [-0.4, -0.2) is 19.8 Å². The minimum Gasteiger partial charge on any atom is -0.488 e. The third-order valence-electron chi connectivity index (χ3n) is 2.98. The molecule has 0 aromatic heterocycles. The second kappa shape index (κ2) is 7.37. The number of halogens is 3. The first-order chi connectivity index (χ1) is 10.9. The van der Waals surface area contributed by atoms with Gasteiger partial charge in [0, 0.05) is 7.11 Å². The van der Waals surface area contributed by atoms with Gasteiger partial charge in [-0.05, 0) is 55.5 Å². The first kappa shape index (κ1) is 17.1. The zero-order valence-electron chi connectivity index (χ0n) is 12.8. The number of ether oxygens (including phenoxy) is 3. The minimum atomic E-state index is -4.35. The molecule has 0 aliphatic carbocycles. The van der Waals surface area contributed by atoms with E-state index in [-0.39, 0.29) is 6.10 Å². The van der Waals surface area contributed by atoms with Crippen LogP contribution in [0.5, 0.6) is 17.2 Å². The molecule has 0 saturated heterocycles. The van der Waals surface area contributed by atoms with E-state index in [1.54, 1.807) is 31.4 Å². The maximum Gasteiger partial charge on any atom is 0.416 e. The zero-order chi connectivity index (χ0) is 16.9. The van der Waals surface area contributed by atoms with Gasteiger partial charge in [-0.2, -0.15) is 13.2 Å². The van der Waals surface area contributed by atoms with E-state index in [2.05, 4.69) is 0 Å². The Balaban J connectivity index is 1.98. The fourth-order valence-corrected chi connectivity index (χ4v) is 1.94. The van der Waals surface area contributed by atoms with Gasteiger partial charge in [-0.25, -0.2) is 0 Å². The van der Waals surface area contributed by atoms with Crippen LogP contribution < -0.4 is 9.47 Å². The van der Waals surface area contributed by atoms with Gasteiger partial charge in [-0.15, -0.1) is 0 Å². The number of hydrogen-bond donors (Lipinski definition) is 0. The van der Waals surface area contributed by atoms with Gasteiger partial charge in [-0.3, -0.25) is 0 Å². The highest BCUT2D eigenvalue weighted by atomic mass is 19.4. The van der Waals surface area contributed by atoms with Gasteiger partial charge in [0.05, 0.1) is 12.2 Å². The summed E-state index contributed by atoms with van der Waals surface area (Å²) in [7, 11) is 1.60. The smallest absolute Gasteiger partial charge is 0.416 e. The lowest BCUT2D eigenvalue weighted by Crippen LogP contribution is -2.17. The van der Waals surface area contributed by atoms with Crippen LogP contribution in [-0.2, 0) is 10.9 Å². The van der Waals surface area contributed by atoms with Crippen molar-refractivity contribution in [2.75, 3.05) is 13.7 Å². The number of alkyl halides is 3. The Morgan fingerprint density at radius 3 is 1.83 bits per heavy atom. The highest BCUT2D eigenvalue weighted by Crippen LogP contribution is 2.31. The predicted octanol–water partition coefficient (Wildman–Crippen LogP) is 4.91. The number of methoxy groups -OCH3 is 1. The number of benzene rings is 2. The summed E-state index contributed by atoms with van der Waals surface area (Å²) in [6, 6.07) is 11.4. The van der Waals surface area contributed by atoms with Gasteiger partial charge in [0.15, 0.2) is 0 Å². The summed E-state index contributed by atoms with van der Waals surface area (Å²) in [5, 5.41) is 0. The van der Waals surface area contributed by atoms with E-state index < -0.39 is 11.7 Å². The molecule has 6 heteroatoms. The van der Waals surface area contributed by atoms with Gasteiger partial charge in [0.1, 0.15) is 23.4 Å². The molecule has 3 nitrogen and oxygen atoms in total. The molecule has 0 spiro atoms. The van der Waals surface area contributed by atoms with Crippen molar-refractivity contribution in [3.63, 3.8) is 0 Å². The van der Waals surface area contributed by atoms with E-state index >= 15 is 0 Å². The molecule has 124 valence electrons. The van der Waals surface area contributed by atoms with Gasteiger partial charge in [-0.1, -0.05) is 0 Å². The van der Waals surface area contributed by atoms with Crippen molar-refractivity contribution >= 4 is 0 Å². The van der Waals surface area contributed by atoms with Crippen molar-refractivity contribution in [3.8, 4) is 17.2 Å². The lowest BCUT2D eigenvalue weighted by molar-refractivity contribution is -0.137. The third kappa shape index (κ3) is 5.17. The molecule has 0 amide bonds. The minimum absolute atomic E-state index is 0.0818. The summed E-state index contributed by atoms with van der Waals surface area (Å²) in [6.07, 6.45) is -4.43. The number of hydrogen-bond acceptors (Lipinski definition) is 3. The molecule has 0 radical (unpaired) electrons. The van der Waals surface area contributed by atoms with Crippen molar-refractivity contribution in [1.29, 1.82) is 0 Å². The Kier molecular flexibility index (Phi) is 5.50. The number of rotatable bonds is 6. The molecular weight excluding hydrogens is 309 g/mol. The van der Waals surface area contributed by atoms with Gasteiger partial charge in [0.2, 0.25) is 0 Å². The van der Waals surface area contributed by atoms with Crippen molar-refractivity contribution in [2.45, 2.75) is 19.2 Å². The highest BCUT2D eigenvalue weighted by Gasteiger charge is 2.30. The van der Waals surface area contributed by atoms with Crippen LogP contribution in [0, 0.1) is 0 Å². The molecule has 1 unspecified atom stereocenters. The summed E-state index contributed by atoms with van der Waals surface area (Å²) >= 11 is 0. The van der Waals surface area contributed by atoms with Crippen molar-refractivity contribution in [2.24, 2.45) is 0 Å². The van der Waals surface area contributed by atoms with Crippen LogP contribution in [0.25, 0.3) is 0 Å². The summed E-state index contributed by atoms with van der Waals surface area (Å²) < 4.78 is 53.6. The van der Waals surface area contributed by atoms with Crippen molar-refractivity contribution in [1.82, 2.24) is 0 Å².